The molecule has 2 aromatic carbocycles. The maximum Gasteiger partial charge on any atom is 0.337 e. The summed E-state index contributed by atoms with van der Waals surface area (Å²) in [4.78, 5) is 24.7. The van der Waals surface area contributed by atoms with E-state index in [1.807, 2.05) is 0 Å². The van der Waals surface area contributed by atoms with Crippen molar-refractivity contribution >= 4 is 11.9 Å². The van der Waals surface area contributed by atoms with Crippen LogP contribution in [0.5, 0.6) is 11.6 Å². The molecule has 0 spiro atoms. The maximum atomic E-state index is 13.9. The summed E-state index contributed by atoms with van der Waals surface area (Å²) in [7, 11) is 2.58. The Morgan fingerprint density at radius 3 is 2.34 bits per heavy atom. The monoisotopic (exact) mass is 491 g/mol. The van der Waals surface area contributed by atoms with Crippen molar-refractivity contribution in [3.8, 4) is 11.6 Å². The fraction of sp³-hybridized carbons (Fsp3) is 0.292. The number of halogens is 3. The van der Waals surface area contributed by atoms with Crippen molar-refractivity contribution < 1.29 is 37.3 Å². The molecule has 0 aliphatic carbocycles. The average Bonchev–Trinajstić information content (AvgIpc) is 3.15. The molecule has 8 nitrogen and oxygen atoms in total. The van der Waals surface area contributed by atoms with Gasteiger partial charge in [0.15, 0.2) is 0 Å². The van der Waals surface area contributed by atoms with Crippen molar-refractivity contribution in [3.05, 3.63) is 76.2 Å². The topological polar surface area (TPSA) is 103 Å². The number of hydrogen-bond donors (Lipinski definition) is 2. The van der Waals surface area contributed by atoms with Crippen LogP contribution in [0.2, 0.25) is 0 Å². The number of carbonyl (C=O) groups excluding carboxylic acids is 2. The molecule has 2 N–H and O–H groups in total. The molecule has 0 aliphatic rings. The van der Waals surface area contributed by atoms with Crippen LogP contribution in [0.15, 0.2) is 42.5 Å². The Kier molecular flexibility index (Phi) is 7.80. The van der Waals surface area contributed by atoms with Crippen LogP contribution in [0, 0.1) is 5.82 Å². The summed E-state index contributed by atoms with van der Waals surface area (Å²) in [5.74, 6) is -2.33. The molecular formula is C24H24F3N3O5. The van der Waals surface area contributed by atoms with Crippen LogP contribution in [0.1, 0.15) is 70.0 Å². The number of aliphatic hydroxyl groups excluding tert-OH is 1. The molecule has 1 unspecified atom stereocenters. The summed E-state index contributed by atoms with van der Waals surface area (Å²) in [6.45, 7) is 3.00. The summed E-state index contributed by atoms with van der Waals surface area (Å²) < 4.78 is 52.7. The molecule has 0 bridgehead atoms. The number of benzene rings is 2. The van der Waals surface area contributed by atoms with E-state index >= 15 is 0 Å². The molecule has 0 fully saturated rings. The van der Waals surface area contributed by atoms with Gasteiger partial charge in [0.25, 0.3) is 12.3 Å². The molecule has 11 heteroatoms. The Morgan fingerprint density at radius 1 is 1.11 bits per heavy atom. The molecule has 0 radical (unpaired) electrons. The van der Waals surface area contributed by atoms with Gasteiger partial charge in [-0.25, -0.2) is 22.6 Å². The van der Waals surface area contributed by atoms with Crippen molar-refractivity contribution in [2.75, 3.05) is 7.11 Å². The third-order valence-electron chi connectivity index (χ3n) is 5.27. The lowest BCUT2D eigenvalue weighted by atomic mass is 10.1. The maximum absolute atomic E-state index is 13.9. The number of rotatable bonds is 8. The van der Waals surface area contributed by atoms with Gasteiger partial charge in [-0.15, -0.1) is 0 Å². The van der Waals surface area contributed by atoms with Crippen molar-refractivity contribution in [2.24, 2.45) is 7.05 Å². The van der Waals surface area contributed by atoms with Gasteiger partial charge in [-0.3, -0.25) is 4.79 Å². The molecule has 1 heterocycles. The van der Waals surface area contributed by atoms with Gasteiger partial charge < -0.3 is 19.9 Å². The van der Waals surface area contributed by atoms with Gasteiger partial charge in [-0.1, -0.05) is 12.1 Å². The fourth-order valence-corrected chi connectivity index (χ4v) is 3.41. The molecule has 2 atom stereocenters. The third kappa shape index (κ3) is 5.62. The Balaban J connectivity index is 1.91. The number of aryl methyl sites for hydroxylation is 1. The molecule has 1 amide bonds. The Morgan fingerprint density at radius 2 is 1.77 bits per heavy atom. The van der Waals surface area contributed by atoms with Crippen LogP contribution in [0.25, 0.3) is 0 Å². The second-order valence-corrected chi connectivity index (χ2v) is 7.76. The van der Waals surface area contributed by atoms with Crippen LogP contribution in [0.4, 0.5) is 13.2 Å². The number of alkyl halides is 2. The molecule has 0 saturated carbocycles. The predicted octanol–water partition coefficient (Wildman–Crippen LogP) is 4.62. The van der Waals surface area contributed by atoms with Crippen LogP contribution >= 0.6 is 0 Å². The largest absolute Gasteiger partial charge is 0.465 e. The van der Waals surface area contributed by atoms with Gasteiger partial charge in [-0.05, 0) is 49.7 Å². The highest BCUT2D eigenvalue weighted by molar-refractivity contribution is 5.98. The lowest BCUT2D eigenvalue weighted by Crippen LogP contribution is -2.27. The third-order valence-corrected chi connectivity index (χ3v) is 5.27. The van der Waals surface area contributed by atoms with E-state index in [9.17, 15) is 27.9 Å². The Hall–Kier alpha value is -3.86. The highest BCUT2D eigenvalue weighted by Crippen LogP contribution is 2.34. The summed E-state index contributed by atoms with van der Waals surface area (Å²) in [6, 6.07) is 9.11. The lowest BCUT2D eigenvalue weighted by Gasteiger charge is -2.16. The van der Waals surface area contributed by atoms with E-state index in [2.05, 4.69) is 15.2 Å². The van der Waals surface area contributed by atoms with Crippen LogP contribution in [-0.2, 0) is 11.8 Å². The van der Waals surface area contributed by atoms with Gasteiger partial charge in [0.05, 0.1) is 24.8 Å². The highest BCUT2D eigenvalue weighted by Gasteiger charge is 2.30. The summed E-state index contributed by atoms with van der Waals surface area (Å²) >= 11 is 0. The molecule has 3 rings (SSSR count). The number of carbonyl (C=O) groups is 2. The van der Waals surface area contributed by atoms with E-state index in [1.54, 1.807) is 19.1 Å². The number of ether oxygens (including phenoxy) is 2. The van der Waals surface area contributed by atoms with Crippen molar-refractivity contribution in [2.45, 2.75) is 32.4 Å². The van der Waals surface area contributed by atoms with Gasteiger partial charge in [0.1, 0.15) is 22.8 Å². The average molecular weight is 491 g/mol. The molecule has 0 saturated heterocycles. The minimum atomic E-state index is -3.07. The second kappa shape index (κ2) is 10.6. The van der Waals surface area contributed by atoms with E-state index in [0.717, 1.165) is 10.7 Å². The SMILES string of the molecule is COC(=O)c1ccc([C@H](C)NC(=O)c2c(C(F)F)nn(C)c2Oc2ccc(F)c(C(C)O)c2)cc1. The number of amides is 1. The molecule has 3 aromatic rings. The standard InChI is InChI=1S/C24H24F3N3O5/c1-12(14-5-7-15(8-6-14)24(33)34-4)28-22(32)19-20(21(26)27)29-30(3)23(19)35-16-9-10-18(25)17(11-16)13(2)31/h5-13,21,31H,1-4H3,(H,28,32)/t12-,13?/m0/s1. The van der Waals surface area contributed by atoms with Crippen molar-refractivity contribution in [1.29, 1.82) is 0 Å². The smallest absolute Gasteiger partial charge is 0.337 e. The number of hydrogen-bond acceptors (Lipinski definition) is 6. The number of aromatic nitrogens is 2. The van der Waals surface area contributed by atoms with E-state index in [0.29, 0.717) is 11.1 Å². The number of nitrogens with zero attached hydrogens (tertiary/aromatic N) is 2. The van der Waals surface area contributed by atoms with Gasteiger partial charge >= 0.3 is 5.97 Å². The first-order valence-electron chi connectivity index (χ1n) is 10.5. The Bertz CT molecular complexity index is 1230. The first-order chi connectivity index (χ1) is 16.5. The number of aliphatic hydroxyl groups is 1. The van der Waals surface area contributed by atoms with E-state index in [4.69, 9.17) is 4.74 Å². The van der Waals surface area contributed by atoms with Crippen LogP contribution < -0.4 is 10.1 Å². The minimum Gasteiger partial charge on any atom is -0.465 e. The molecule has 0 aliphatic heterocycles. The van der Waals surface area contributed by atoms with Gasteiger partial charge in [0, 0.05) is 12.6 Å². The van der Waals surface area contributed by atoms with Crippen LogP contribution in [0.3, 0.4) is 0 Å². The molecule has 1 aromatic heterocycles. The minimum absolute atomic E-state index is 0.0200. The van der Waals surface area contributed by atoms with E-state index in [-0.39, 0.29) is 17.2 Å². The first kappa shape index (κ1) is 25.8. The zero-order valence-corrected chi connectivity index (χ0v) is 19.4. The summed E-state index contributed by atoms with van der Waals surface area (Å²) in [5.41, 5.74) is -0.409. The second-order valence-electron chi connectivity index (χ2n) is 7.76. The van der Waals surface area contributed by atoms with Crippen LogP contribution in [-0.4, -0.2) is 33.9 Å². The number of esters is 1. The fourth-order valence-electron chi connectivity index (χ4n) is 3.41. The number of methoxy groups -OCH3 is 1. The zero-order chi connectivity index (χ0) is 25.9. The predicted molar refractivity (Wildman–Crippen MR) is 119 cm³/mol. The zero-order valence-electron chi connectivity index (χ0n) is 19.4. The van der Waals surface area contributed by atoms with Gasteiger partial charge in [0.2, 0.25) is 5.88 Å². The normalized spacial score (nSPS) is 12.8. The van der Waals surface area contributed by atoms with Crippen molar-refractivity contribution in [3.63, 3.8) is 0 Å². The Labute approximate surface area is 199 Å². The molecule has 186 valence electrons. The number of nitrogens with one attached hydrogen (secondary N) is 1. The summed E-state index contributed by atoms with van der Waals surface area (Å²) in [5, 5.41) is 16.1. The van der Waals surface area contributed by atoms with Crippen molar-refractivity contribution in [1.82, 2.24) is 15.1 Å². The van der Waals surface area contributed by atoms with E-state index < -0.39 is 47.5 Å². The van der Waals surface area contributed by atoms with Gasteiger partial charge in [-0.2, -0.15) is 5.10 Å². The van der Waals surface area contributed by atoms with E-state index in [1.165, 1.54) is 45.3 Å². The highest BCUT2D eigenvalue weighted by atomic mass is 19.3. The first-order valence-corrected chi connectivity index (χ1v) is 10.5. The molecule has 35 heavy (non-hydrogen) atoms. The quantitative estimate of drug-likeness (QED) is 0.446. The molecular weight excluding hydrogens is 467 g/mol. The lowest BCUT2D eigenvalue weighted by molar-refractivity contribution is 0.0600. The summed E-state index contributed by atoms with van der Waals surface area (Å²) in [6.07, 6.45) is -4.22.